The van der Waals surface area contributed by atoms with E-state index in [1.807, 2.05) is 37.5 Å². The molecule has 1 aliphatic heterocycles. The van der Waals surface area contributed by atoms with Gasteiger partial charge in [0.2, 0.25) is 0 Å². The first-order valence-electron chi connectivity index (χ1n) is 7.19. The van der Waals surface area contributed by atoms with Gasteiger partial charge in [-0.15, -0.1) is 0 Å². The number of benzene rings is 1. The molecule has 2 heterocycles. The number of carbonyl (C=O) groups excluding carboxylic acids is 1. The van der Waals surface area contributed by atoms with Crippen LogP contribution in [0.25, 0.3) is 10.9 Å². The molecule has 1 saturated heterocycles. The quantitative estimate of drug-likeness (QED) is 0.933. The molecule has 4 heteroatoms. The number of para-hydroxylation sites is 1. The number of hydrogen-bond donors (Lipinski definition) is 1. The summed E-state index contributed by atoms with van der Waals surface area (Å²) in [5.74, 6) is 0.0484. The van der Waals surface area contributed by atoms with Crippen molar-refractivity contribution in [3.63, 3.8) is 0 Å². The smallest absolute Gasteiger partial charge is 0.255 e. The van der Waals surface area contributed by atoms with Gasteiger partial charge in [0.25, 0.3) is 5.91 Å². The van der Waals surface area contributed by atoms with Crippen LogP contribution in [0.5, 0.6) is 0 Å². The predicted octanol–water partition coefficient (Wildman–Crippen LogP) is 2.81. The Labute approximate surface area is 118 Å². The lowest BCUT2D eigenvalue weighted by Gasteiger charge is -2.27. The molecule has 1 unspecified atom stereocenters. The van der Waals surface area contributed by atoms with Crippen molar-refractivity contribution >= 4 is 16.8 Å². The van der Waals surface area contributed by atoms with Crippen molar-refractivity contribution in [2.75, 3.05) is 20.2 Å². The summed E-state index contributed by atoms with van der Waals surface area (Å²) in [4.78, 5) is 17.5. The van der Waals surface area contributed by atoms with E-state index < -0.39 is 0 Å². The molecule has 0 bridgehead atoms. The second-order valence-corrected chi connectivity index (χ2v) is 5.42. The number of likely N-dealkylation sites (N-methyl/N-ethyl adjacent to an activating group) is 1. The van der Waals surface area contributed by atoms with Gasteiger partial charge in [-0.25, -0.2) is 0 Å². The number of aromatic nitrogens is 1. The Hall–Kier alpha value is -1.81. The topological polar surface area (TPSA) is 45.3 Å². The molecule has 1 aromatic heterocycles. The number of amides is 1. The minimum absolute atomic E-state index is 0.0484. The molecule has 4 nitrogen and oxygen atoms in total. The van der Waals surface area contributed by atoms with Crippen LogP contribution in [0.3, 0.4) is 0 Å². The van der Waals surface area contributed by atoms with E-state index in [2.05, 4.69) is 4.98 Å². The lowest BCUT2D eigenvalue weighted by molar-refractivity contribution is -0.000156. The first kappa shape index (κ1) is 13.2. The standard InChI is InChI=1S/C16H20N2O2/c1-18(11-13-6-2-3-10-20-13)16(19)14-7-4-5-12-8-9-17-15(12)14/h4-5,7-9,13,17H,2-3,6,10-11H2,1H3. The number of nitrogens with one attached hydrogen (secondary N) is 1. The minimum atomic E-state index is 0.0484. The maximum Gasteiger partial charge on any atom is 0.255 e. The molecule has 1 aromatic carbocycles. The molecule has 106 valence electrons. The van der Waals surface area contributed by atoms with E-state index in [1.165, 1.54) is 6.42 Å². The molecule has 0 aliphatic carbocycles. The number of hydrogen-bond acceptors (Lipinski definition) is 2. The zero-order valence-electron chi connectivity index (χ0n) is 11.8. The molecular weight excluding hydrogens is 252 g/mol. The van der Waals surface area contributed by atoms with Crippen LogP contribution >= 0.6 is 0 Å². The Morgan fingerprint density at radius 1 is 1.40 bits per heavy atom. The molecule has 3 rings (SSSR count). The maximum absolute atomic E-state index is 12.6. The number of ether oxygens (including phenoxy) is 1. The van der Waals surface area contributed by atoms with Crippen LogP contribution in [-0.2, 0) is 4.74 Å². The van der Waals surface area contributed by atoms with Gasteiger partial charge in [0, 0.05) is 31.8 Å². The Bertz CT molecular complexity index is 599. The zero-order chi connectivity index (χ0) is 13.9. The summed E-state index contributed by atoms with van der Waals surface area (Å²) in [6.07, 6.45) is 5.42. The van der Waals surface area contributed by atoms with E-state index in [9.17, 15) is 4.79 Å². The van der Waals surface area contributed by atoms with Crippen LogP contribution in [0.1, 0.15) is 29.6 Å². The molecule has 0 spiro atoms. The van der Waals surface area contributed by atoms with Gasteiger partial charge in [0.15, 0.2) is 0 Å². The van der Waals surface area contributed by atoms with Gasteiger partial charge in [-0.2, -0.15) is 0 Å². The maximum atomic E-state index is 12.6. The summed E-state index contributed by atoms with van der Waals surface area (Å²) in [7, 11) is 1.85. The van der Waals surface area contributed by atoms with Gasteiger partial charge in [0.1, 0.15) is 0 Å². The van der Waals surface area contributed by atoms with Crippen molar-refractivity contribution in [1.82, 2.24) is 9.88 Å². The SMILES string of the molecule is CN(CC1CCCCO1)C(=O)c1cccc2cc[nH]c12. The fraction of sp³-hybridized carbons (Fsp3) is 0.438. The highest BCUT2D eigenvalue weighted by Gasteiger charge is 2.21. The van der Waals surface area contributed by atoms with Gasteiger partial charge in [0.05, 0.1) is 17.2 Å². The third-order valence-electron chi connectivity index (χ3n) is 3.92. The van der Waals surface area contributed by atoms with Crippen LogP contribution in [0, 0.1) is 0 Å². The zero-order valence-corrected chi connectivity index (χ0v) is 11.8. The number of aromatic amines is 1. The van der Waals surface area contributed by atoms with Gasteiger partial charge < -0.3 is 14.6 Å². The first-order valence-corrected chi connectivity index (χ1v) is 7.19. The van der Waals surface area contributed by atoms with Crippen molar-refractivity contribution in [2.24, 2.45) is 0 Å². The van der Waals surface area contributed by atoms with Crippen molar-refractivity contribution in [3.05, 3.63) is 36.0 Å². The Morgan fingerprint density at radius 2 is 2.30 bits per heavy atom. The molecular formula is C16H20N2O2. The molecule has 1 aliphatic rings. The molecule has 0 saturated carbocycles. The lowest BCUT2D eigenvalue weighted by atomic mass is 10.1. The Morgan fingerprint density at radius 3 is 3.10 bits per heavy atom. The second-order valence-electron chi connectivity index (χ2n) is 5.42. The monoisotopic (exact) mass is 272 g/mol. The number of nitrogens with zero attached hydrogens (tertiary/aromatic N) is 1. The summed E-state index contributed by atoms with van der Waals surface area (Å²) in [5.41, 5.74) is 1.64. The van der Waals surface area contributed by atoms with Gasteiger partial charge >= 0.3 is 0 Å². The highest BCUT2D eigenvalue weighted by molar-refractivity contribution is 6.05. The summed E-state index contributed by atoms with van der Waals surface area (Å²) in [6.45, 7) is 1.48. The van der Waals surface area contributed by atoms with Crippen LogP contribution in [-0.4, -0.2) is 42.1 Å². The molecule has 1 amide bonds. The van der Waals surface area contributed by atoms with Crippen molar-refractivity contribution in [1.29, 1.82) is 0 Å². The number of H-pyrrole nitrogens is 1. The molecule has 20 heavy (non-hydrogen) atoms. The van der Waals surface area contributed by atoms with E-state index in [0.29, 0.717) is 6.54 Å². The normalized spacial score (nSPS) is 19.1. The third kappa shape index (κ3) is 2.56. The van der Waals surface area contributed by atoms with Crippen LogP contribution in [0.15, 0.2) is 30.5 Å². The molecule has 1 atom stereocenters. The average molecular weight is 272 g/mol. The fourth-order valence-electron chi connectivity index (χ4n) is 2.81. The van der Waals surface area contributed by atoms with E-state index in [-0.39, 0.29) is 12.0 Å². The van der Waals surface area contributed by atoms with Crippen molar-refractivity contribution in [2.45, 2.75) is 25.4 Å². The van der Waals surface area contributed by atoms with E-state index >= 15 is 0 Å². The largest absolute Gasteiger partial charge is 0.376 e. The highest BCUT2D eigenvalue weighted by atomic mass is 16.5. The molecule has 2 aromatic rings. The van der Waals surface area contributed by atoms with Crippen molar-refractivity contribution < 1.29 is 9.53 Å². The predicted molar refractivity (Wildman–Crippen MR) is 78.9 cm³/mol. The van der Waals surface area contributed by atoms with Gasteiger partial charge in [-0.05, 0) is 31.4 Å². The number of carbonyl (C=O) groups is 1. The lowest BCUT2D eigenvalue weighted by Crippen LogP contribution is -2.37. The van der Waals surface area contributed by atoms with Gasteiger partial charge in [-0.3, -0.25) is 4.79 Å². The second kappa shape index (κ2) is 5.67. The van der Waals surface area contributed by atoms with Crippen LogP contribution < -0.4 is 0 Å². The summed E-state index contributed by atoms with van der Waals surface area (Å²) >= 11 is 0. The summed E-state index contributed by atoms with van der Waals surface area (Å²) in [6, 6.07) is 7.79. The first-order chi connectivity index (χ1) is 9.75. The average Bonchev–Trinajstić information content (AvgIpc) is 2.96. The van der Waals surface area contributed by atoms with E-state index in [0.717, 1.165) is 35.9 Å². The third-order valence-corrected chi connectivity index (χ3v) is 3.92. The number of fused-ring (bicyclic) bond motifs is 1. The minimum Gasteiger partial charge on any atom is -0.376 e. The summed E-state index contributed by atoms with van der Waals surface area (Å²) < 4.78 is 5.71. The highest BCUT2D eigenvalue weighted by Crippen LogP contribution is 2.19. The van der Waals surface area contributed by atoms with Gasteiger partial charge in [-0.1, -0.05) is 12.1 Å². The molecule has 1 N–H and O–H groups in total. The van der Waals surface area contributed by atoms with Crippen LogP contribution in [0.4, 0.5) is 0 Å². The van der Waals surface area contributed by atoms with E-state index in [4.69, 9.17) is 4.74 Å². The van der Waals surface area contributed by atoms with Crippen molar-refractivity contribution in [3.8, 4) is 0 Å². The molecule has 0 radical (unpaired) electrons. The Kier molecular flexibility index (Phi) is 3.74. The number of rotatable bonds is 3. The van der Waals surface area contributed by atoms with E-state index in [1.54, 1.807) is 4.90 Å². The molecule has 1 fully saturated rings. The van der Waals surface area contributed by atoms with Crippen LogP contribution in [0.2, 0.25) is 0 Å². The fourth-order valence-corrected chi connectivity index (χ4v) is 2.81. The Balaban J connectivity index is 1.75. The summed E-state index contributed by atoms with van der Waals surface area (Å²) in [5, 5.41) is 1.07.